The molecule has 0 saturated carbocycles. The molecule has 2 heterocycles. The summed E-state index contributed by atoms with van der Waals surface area (Å²) >= 11 is 1.72. The standard InChI is InChI=1S/C23H24N2O2S/c1-14(2)17-11-18-16(10-23(26)27-20(18)9-15(17)3)12-25(4)13-22-24-19-7-5-6-8-21(19)28-22/h5-11,14H,12-13H2,1-4H3. The Balaban J connectivity index is 1.65. The average Bonchev–Trinajstić information content (AvgIpc) is 3.02. The Morgan fingerprint density at radius 1 is 1.14 bits per heavy atom. The molecule has 4 nitrogen and oxygen atoms in total. The first-order valence-corrected chi connectivity index (χ1v) is 10.3. The second-order valence-corrected chi connectivity index (χ2v) is 8.81. The minimum Gasteiger partial charge on any atom is -0.423 e. The van der Waals surface area contributed by atoms with E-state index >= 15 is 0 Å². The minimum absolute atomic E-state index is 0.299. The molecule has 0 bridgehead atoms. The Hall–Kier alpha value is -2.50. The van der Waals surface area contributed by atoms with Crippen LogP contribution in [0.15, 0.2) is 51.7 Å². The van der Waals surface area contributed by atoms with E-state index in [9.17, 15) is 4.79 Å². The quantitative estimate of drug-likeness (QED) is 0.423. The van der Waals surface area contributed by atoms with Crippen molar-refractivity contribution in [3.63, 3.8) is 0 Å². The van der Waals surface area contributed by atoms with Crippen molar-refractivity contribution in [3.05, 3.63) is 74.6 Å². The molecule has 28 heavy (non-hydrogen) atoms. The fourth-order valence-electron chi connectivity index (χ4n) is 3.71. The van der Waals surface area contributed by atoms with Crippen LogP contribution in [-0.4, -0.2) is 16.9 Å². The van der Waals surface area contributed by atoms with Gasteiger partial charge in [0.25, 0.3) is 0 Å². The van der Waals surface area contributed by atoms with E-state index in [1.165, 1.54) is 10.3 Å². The Kier molecular flexibility index (Phi) is 5.04. The number of rotatable bonds is 5. The van der Waals surface area contributed by atoms with Gasteiger partial charge in [0.2, 0.25) is 0 Å². The first kappa shape index (κ1) is 18.8. The number of para-hydroxylation sites is 1. The highest BCUT2D eigenvalue weighted by molar-refractivity contribution is 7.18. The van der Waals surface area contributed by atoms with Crippen LogP contribution in [-0.2, 0) is 13.1 Å². The summed E-state index contributed by atoms with van der Waals surface area (Å²) < 4.78 is 6.68. The van der Waals surface area contributed by atoms with Gasteiger partial charge in [-0.2, -0.15) is 0 Å². The summed E-state index contributed by atoms with van der Waals surface area (Å²) in [5.41, 5.74) is 4.85. The van der Waals surface area contributed by atoms with Crippen LogP contribution in [0.2, 0.25) is 0 Å². The summed E-state index contributed by atoms with van der Waals surface area (Å²) in [4.78, 5) is 19.0. The molecule has 0 radical (unpaired) electrons. The van der Waals surface area contributed by atoms with Crippen molar-refractivity contribution in [1.29, 1.82) is 0 Å². The number of hydrogen-bond donors (Lipinski definition) is 0. The van der Waals surface area contributed by atoms with Crippen molar-refractivity contribution in [2.75, 3.05) is 7.05 Å². The molecule has 144 valence electrons. The molecule has 0 spiro atoms. The maximum absolute atomic E-state index is 12.1. The summed E-state index contributed by atoms with van der Waals surface area (Å²) in [7, 11) is 2.06. The van der Waals surface area contributed by atoms with Gasteiger partial charge in [-0.05, 0) is 60.8 Å². The second kappa shape index (κ2) is 7.49. The lowest BCUT2D eigenvalue weighted by Gasteiger charge is -2.17. The number of aromatic nitrogens is 1. The van der Waals surface area contributed by atoms with Crippen molar-refractivity contribution in [2.45, 2.75) is 39.8 Å². The van der Waals surface area contributed by atoms with E-state index in [1.54, 1.807) is 17.4 Å². The molecule has 0 unspecified atom stereocenters. The molecule has 0 aliphatic rings. The van der Waals surface area contributed by atoms with Gasteiger partial charge in [-0.3, -0.25) is 4.90 Å². The third-order valence-electron chi connectivity index (χ3n) is 5.02. The van der Waals surface area contributed by atoms with E-state index in [-0.39, 0.29) is 5.63 Å². The molecule has 5 heteroatoms. The highest BCUT2D eigenvalue weighted by atomic mass is 32.1. The Bertz CT molecular complexity index is 1170. The first-order valence-electron chi connectivity index (χ1n) is 9.51. The van der Waals surface area contributed by atoms with E-state index in [1.807, 2.05) is 24.3 Å². The van der Waals surface area contributed by atoms with Crippen LogP contribution in [0.5, 0.6) is 0 Å². The number of benzene rings is 2. The van der Waals surface area contributed by atoms with Crippen molar-refractivity contribution in [3.8, 4) is 0 Å². The van der Waals surface area contributed by atoms with Crippen LogP contribution < -0.4 is 5.63 Å². The van der Waals surface area contributed by atoms with Crippen molar-refractivity contribution < 1.29 is 4.42 Å². The largest absolute Gasteiger partial charge is 0.423 e. The van der Waals surface area contributed by atoms with Gasteiger partial charge in [0.05, 0.1) is 16.8 Å². The normalized spacial score (nSPS) is 11.9. The third-order valence-corrected chi connectivity index (χ3v) is 6.04. The van der Waals surface area contributed by atoms with Crippen LogP contribution in [0, 0.1) is 6.92 Å². The highest BCUT2D eigenvalue weighted by Gasteiger charge is 2.14. The van der Waals surface area contributed by atoms with Gasteiger partial charge in [-0.25, -0.2) is 9.78 Å². The van der Waals surface area contributed by atoms with Crippen LogP contribution in [0.4, 0.5) is 0 Å². The summed E-state index contributed by atoms with van der Waals surface area (Å²) in [6.07, 6.45) is 0. The topological polar surface area (TPSA) is 46.3 Å². The minimum atomic E-state index is -0.299. The van der Waals surface area contributed by atoms with Crippen LogP contribution in [0.25, 0.3) is 21.2 Å². The smallest absolute Gasteiger partial charge is 0.336 e. The molecule has 0 aliphatic heterocycles. The monoisotopic (exact) mass is 392 g/mol. The molecular formula is C23H24N2O2S. The molecule has 0 N–H and O–H groups in total. The maximum Gasteiger partial charge on any atom is 0.336 e. The van der Waals surface area contributed by atoms with Gasteiger partial charge in [-0.15, -0.1) is 11.3 Å². The Morgan fingerprint density at radius 2 is 1.93 bits per heavy atom. The van der Waals surface area contributed by atoms with Crippen molar-refractivity contribution >= 4 is 32.5 Å². The summed E-state index contributed by atoms with van der Waals surface area (Å²) in [5, 5.41) is 2.10. The van der Waals surface area contributed by atoms with Crippen LogP contribution in [0.3, 0.4) is 0 Å². The number of fused-ring (bicyclic) bond motifs is 2. The molecule has 0 saturated heterocycles. The summed E-state index contributed by atoms with van der Waals surface area (Å²) in [6, 6.07) is 14.0. The van der Waals surface area contributed by atoms with E-state index in [2.05, 4.69) is 44.9 Å². The maximum atomic E-state index is 12.1. The van der Waals surface area contributed by atoms with Gasteiger partial charge in [0, 0.05) is 18.0 Å². The molecule has 2 aromatic carbocycles. The second-order valence-electron chi connectivity index (χ2n) is 7.70. The molecule has 0 aliphatic carbocycles. The number of hydrogen-bond acceptors (Lipinski definition) is 5. The molecule has 4 rings (SSSR count). The first-order chi connectivity index (χ1) is 13.4. The SMILES string of the molecule is Cc1cc2oc(=O)cc(CN(C)Cc3nc4ccccc4s3)c2cc1C(C)C. The summed E-state index contributed by atoms with van der Waals surface area (Å²) in [5.74, 6) is 0.421. The van der Waals surface area contributed by atoms with Gasteiger partial charge in [0.1, 0.15) is 10.6 Å². The van der Waals surface area contributed by atoms with E-state index in [4.69, 9.17) is 9.40 Å². The van der Waals surface area contributed by atoms with Crippen molar-refractivity contribution in [2.24, 2.45) is 0 Å². The van der Waals surface area contributed by atoms with Crippen LogP contribution in [0.1, 0.15) is 41.5 Å². The fourth-order valence-corrected chi connectivity index (χ4v) is 4.76. The van der Waals surface area contributed by atoms with Gasteiger partial charge in [-0.1, -0.05) is 26.0 Å². The molecular weight excluding hydrogens is 368 g/mol. The molecule has 0 fully saturated rings. The third kappa shape index (κ3) is 3.73. The lowest BCUT2D eigenvalue weighted by molar-refractivity contribution is 0.319. The lowest BCUT2D eigenvalue weighted by atomic mass is 9.95. The van der Waals surface area contributed by atoms with Crippen molar-refractivity contribution in [1.82, 2.24) is 9.88 Å². The molecule has 2 aromatic heterocycles. The number of nitrogens with zero attached hydrogens (tertiary/aromatic N) is 2. The zero-order valence-corrected chi connectivity index (χ0v) is 17.5. The summed E-state index contributed by atoms with van der Waals surface area (Å²) in [6.45, 7) is 7.85. The molecule has 0 amide bonds. The van der Waals surface area contributed by atoms with Gasteiger partial charge in [0.15, 0.2) is 0 Å². The van der Waals surface area contributed by atoms with Gasteiger partial charge >= 0.3 is 5.63 Å². The van der Waals surface area contributed by atoms with E-state index < -0.39 is 0 Å². The Morgan fingerprint density at radius 3 is 2.68 bits per heavy atom. The van der Waals surface area contributed by atoms with Gasteiger partial charge < -0.3 is 4.42 Å². The molecule has 0 atom stereocenters. The number of thiazole rings is 1. The Labute approximate surface area is 168 Å². The lowest BCUT2D eigenvalue weighted by Crippen LogP contribution is -2.18. The zero-order chi connectivity index (χ0) is 19.8. The van der Waals surface area contributed by atoms with E-state index in [0.717, 1.165) is 33.6 Å². The highest BCUT2D eigenvalue weighted by Crippen LogP contribution is 2.28. The predicted molar refractivity (Wildman–Crippen MR) is 116 cm³/mol. The fraction of sp³-hybridized carbons (Fsp3) is 0.304. The van der Waals surface area contributed by atoms with Crippen LogP contribution >= 0.6 is 11.3 Å². The zero-order valence-electron chi connectivity index (χ0n) is 16.7. The van der Waals surface area contributed by atoms with E-state index in [0.29, 0.717) is 18.0 Å². The number of aryl methyl sites for hydroxylation is 1. The predicted octanol–water partition coefficient (Wildman–Crippen LogP) is 5.47. The average molecular weight is 393 g/mol. The molecule has 4 aromatic rings.